The Morgan fingerprint density at radius 1 is 0.647 bits per heavy atom. The van der Waals surface area contributed by atoms with E-state index in [2.05, 4.69) is 9.44 Å². The van der Waals surface area contributed by atoms with E-state index in [1.807, 2.05) is 38.0 Å². The lowest BCUT2D eigenvalue weighted by atomic mass is 10.1. The van der Waals surface area contributed by atoms with E-state index < -0.39 is 20.0 Å². The Morgan fingerprint density at radius 3 is 1.38 bits per heavy atom. The average Bonchev–Trinajstić information content (AvgIpc) is 3.05. The molecule has 34 heavy (non-hydrogen) atoms. The number of hydrogen-bond donors (Lipinski definition) is 2. The van der Waals surface area contributed by atoms with Crippen LogP contribution < -0.4 is 9.44 Å². The first-order valence-electron chi connectivity index (χ1n) is 11.0. The fraction of sp³-hybridized carbons (Fsp3) is 0.435. The van der Waals surface area contributed by atoms with Gasteiger partial charge in [0.15, 0.2) is 5.78 Å². The van der Waals surface area contributed by atoms with Gasteiger partial charge >= 0.3 is 0 Å². The molecule has 2 N–H and O–H groups in total. The van der Waals surface area contributed by atoms with Crippen molar-refractivity contribution in [2.75, 3.05) is 54.4 Å². The van der Waals surface area contributed by atoms with Crippen molar-refractivity contribution in [1.29, 1.82) is 0 Å². The molecule has 0 bridgehead atoms. The molecule has 0 unspecified atom stereocenters. The molecule has 186 valence electrons. The summed E-state index contributed by atoms with van der Waals surface area (Å²) >= 11 is 0. The van der Waals surface area contributed by atoms with Crippen LogP contribution in [0.25, 0.3) is 11.1 Å². The van der Waals surface area contributed by atoms with E-state index in [9.17, 15) is 21.6 Å². The van der Waals surface area contributed by atoms with Crippen molar-refractivity contribution in [3.63, 3.8) is 0 Å². The zero-order valence-corrected chi connectivity index (χ0v) is 21.6. The van der Waals surface area contributed by atoms with Gasteiger partial charge in [0, 0.05) is 24.2 Å². The molecule has 0 spiro atoms. The fourth-order valence-corrected chi connectivity index (χ4v) is 5.94. The van der Waals surface area contributed by atoms with Gasteiger partial charge in [0.25, 0.3) is 0 Å². The van der Waals surface area contributed by atoms with Gasteiger partial charge in [-0.1, -0.05) is 12.1 Å². The molecular formula is C23H32N4O5S2. The summed E-state index contributed by atoms with van der Waals surface area (Å²) < 4.78 is 55.9. The maximum Gasteiger partial charge on any atom is 0.240 e. The Hall–Kier alpha value is -2.15. The molecule has 0 aliphatic heterocycles. The molecular weight excluding hydrogens is 476 g/mol. The van der Waals surface area contributed by atoms with Crippen LogP contribution in [0, 0.1) is 0 Å². The van der Waals surface area contributed by atoms with Gasteiger partial charge in [-0.05, 0) is 89.5 Å². The van der Waals surface area contributed by atoms with Crippen molar-refractivity contribution in [2.24, 2.45) is 0 Å². The summed E-state index contributed by atoms with van der Waals surface area (Å²) in [6.07, 6.45) is 1.31. The van der Waals surface area contributed by atoms with Gasteiger partial charge in [0.2, 0.25) is 20.0 Å². The molecule has 9 nitrogen and oxygen atoms in total. The molecule has 0 saturated heterocycles. The minimum atomic E-state index is -3.77. The van der Waals surface area contributed by atoms with E-state index in [1.165, 1.54) is 24.3 Å². The number of rotatable bonds is 12. The Kier molecular flexibility index (Phi) is 8.27. The lowest BCUT2D eigenvalue weighted by molar-refractivity contribution is 0.104. The molecule has 0 fully saturated rings. The van der Waals surface area contributed by atoms with E-state index in [4.69, 9.17) is 0 Å². The van der Waals surface area contributed by atoms with Gasteiger partial charge < -0.3 is 9.80 Å². The summed E-state index contributed by atoms with van der Waals surface area (Å²) in [5.41, 5.74) is 1.68. The molecule has 11 heteroatoms. The predicted octanol–water partition coefficient (Wildman–Crippen LogP) is 1.36. The molecule has 0 radical (unpaired) electrons. The van der Waals surface area contributed by atoms with E-state index in [0.717, 1.165) is 13.1 Å². The van der Waals surface area contributed by atoms with Crippen LogP contribution >= 0.6 is 0 Å². The molecule has 0 atom stereocenters. The minimum Gasteiger partial charge on any atom is -0.309 e. The second-order valence-corrected chi connectivity index (χ2v) is 12.4. The van der Waals surface area contributed by atoms with Gasteiger partial charge in [-0.3, -0.25) is 4.79 Å². The summed E-state index contributed by atoms with van der Waals surface area (Å²) in [6, 6.07) is 8.85. The Balaban J connectivity index is 1.79. The summed E-state index contributed by atoms with van der Waals surface area (Å²) in [4.78, 5) is 17.0. The third-order valence-corrected chi connectivity index (χ3v) is 8.45. The number of carbonyl (C=O) groups excluding carboxylic acids is 1. The quantitative estimate of drug-likeness (QED) is 0.355. The molecule has 1 aliphatic carbocycles. The van der Waals surface area contributed by atoms with Gasteiger partial charge in [-0.15, -0.1) is 0 Å². The molecule has 3 rings (SSSR count). The monoisotopic (exact) mass is 508 g/mol. The third kappa shape index (κ3) is 6.09. The van der Waals surface area contributed by atoms with Crippen LogP contribution in [0.4, 0.5) is 0 Å². The topological polar surface area (TPSA) is 116 Å². The zero-order valence-electron chi connectivity index (χ0n) is 20.0. The summed E-state index contributed by atoms with van der Waals surface area (Å²) in [5, 5.41) is 0. The molecule has 2 aromatic rings. The van der Waals surface area contributed by atoms with Crippen molar-refractivity contribution in [2.45, 2.75) is 22.6 Å². The third-order valence-electron chi connectivity index (χ3n) is 5.53. The Labute approximate surface area is 202 Å². The van der Waals surface area contributed by atoms with Crippen LogP contribution in [-0.2, 0) is 20.0 Å². The normalized spacial score (nSPS) is 13.5. The van der Waals surface area contributed by atoms with E-state index in [1.54, 1.807) is 12.1 Å². The number of carbonyl (C=O) groups is 1. The number of benzene rings is 2. The summed E-state index contributed by atoms with van der Waals surface area (Å²) in [6.45, 7) is 2.07. The average molecular weight is 509 g/mol. The highest BCUT2D eigenvalue weighted by Crippen LogP contribution is 2.38. The van der Waals surface area contributed by atoms with Gasteiger partial charge in [-0.25, -0.2) is 26.3 Å². The molecule has 2 aromatic carbocycles. The molecule has 0 amide bonds. The molecule has 1 aliphatic rings. The summed E-state index contributed by atoms with van der Waals surface area (Å²) in [5.74, 6) is -0.390. The van der Waals surface area contributed by atoms with Crippen molar-refractivity contribution >= 4 is 25.8 Å². The van der Waals surface area contributed by atoms with Crippen LogP contribution in [0.1, 0.15) is 28.8 Å². The molecule has 0 heterocycles. The highest BCUT2D eigenvalue weighted by Gasteiger charge is 2.30. The van der Waals surface area contributed by atoms with Crippen molar-refractivity contribution in [3.05, 3.63) is 47.5 Å². The Bertz CT molecular complexity index is 1170. The number of hydrogen-bond acceptors (Lipinski definition) is 7. The van der Waals surface area contributed by atoms with Crippen LogP contribution in [0.2, 0.25) is 0 Å². The van der Waals surface area contributed by atoms with Gasteiger partial charge in [0.05, 0.1) is 9.79 Å². The first kappa shape index (κ1) is 26.5. The Morgan fingerprint density at radius 2 is 1.03 bits per heavy atom. The van der Waals surface area contributed by atoms with Gasteiger partial charge in [0.1, 0.15) is 0 Å². The highest BCUT2D eigenvalue weighted by molar-refractivity contribution is 7.89. The maximum absolute atomic E-state index is 13.1. The van der Waals surface area contributed by atoms with Crippen LogP contribution in [0.5, 0.6) is 0 Å². The highest BCUT2D eigenvalue weighted by atomic mass is 32.2. The maximum atomic E-state index is 13.1. The molecule has 0 saturated carbocycles. The lowest BCUT2D eigenvalue weighted by Gasteiger charge is -2.11. The van der Waals surface area contributed by atoms with Gasteiger partial charge in [-0.2, -0.15) is 0 Å². The first-order valence-corrected chi connectivity index (χ1v) is 14.0. The number of nitrogens with zero attached hydrogens (tertiary/aromatic N) is 2. The summed E-state index contributed by atoms with van der Waals surface area (Å²) in [7, 11) is 0.109. The number of nitrogens with one attached hydrogen (secondary N) is 2. The van der Waals surface area contributed by atoms with Crippen LogP contribution in [0.3, 0.4) is 0 Å². The number of sulfonamides is 2. The standard InChI is InChI=1S/C23H32N4O5S2/c1-26(2)13-5-11-24-33(29,30)17-7-9-19-20-10-8-18(16-22(20)23(28)21(19)15-17)34(31,32)25-12-6-14-27(3)4/h7-10,15-16,24-25H,5-6,11-14H2,1-4H3. The SMILES string of the molecule is CN(C)CCCNS(=O)(=O)c1ccc2c(c1)C(=O)c1cc(S(=O)(=O)NCCCN(C)C)ccc1-2. The minimum absolute atomic E-state index is 0.00710. The van der Waals surface area contributed by atoms with E-state index in [-0.39, 0.29) is 39.8 Å². The van der Waals surface area contributed by atoms with Crippen molar-refractivity contribution < 1.29 is 21.6 Å². The predicted molar refractivity (Wildman–Crippen MR) is 132 cm³/mol. The second-order valence-electron chi connectivity index (χ2n) is 8.85. The zero-order chi connectivity index (χ0) is 25.1. The second kappa shape index (κ2) is 10.6. The van der Waals surface area contributed by atoms with Crippen molar-refractivity contribution in [3.8, 4) is 11.1 Å². The molecule has 0 aromatic heterocycles. The smallest absolute Gasteiger partial charge is 0.240 e. The lowest BCUT2D eigenvalue weighted by Crippen LogP contribution is -2.27. The number of fused-ring (bicyclic) bond motifs is 3. The number of ketones is 1. The first-order chi connectivity index (χ1) is 15.9. The largest absolute Gasteiger partial charge is 0.309 e. The van der Waals surface area contributed by atoms with Crippen molar-refractivity contribution in [1.82, 2.24) is 19.2 Å². The van der Waals surface area contributed by atoms with E-state index in [0.29, 0.717) is 24.0 Å². The van der Waals surface area contributed by atoms with Crippen LogP contribution in [-0.4, -0.2) is 86.8 Å². The van der Waals surface area contributed by atoms with Crippen LogP contribution in [0.15, 0.2) is 46.2 Å². The fourth-order valence-electron chi connectivity index (χ4n) is 3.74. The van der Waals surface area contributed by atoms with E-state index >= 15 is 0 Å².